The molecule has 1 aromatic heterocycles. The molecule has 1 N–H and O–H groups in total. The minimum absolute atomic E-state index is 0.283. The van der Waals surface area contributed by atoms with Crippen molar-refractivity contribution in [1.29, 1.82) is 5.26 Å². The van der Waals surface area contributed by atoms with E-state index in [9.17, 15) is 8.42 Å². The molecule has 5 nitrogen and oxygen atoms in total. The lowest BCUT2D eigenvalue weighted by molar-refractivity contribution is 0.313. The Hall–Kier alpha value is -2.04. The van der Waals surface area contributed by atoms with Gasteiger partial charge in [-0.25, -0.2) is 8.42 Å². The molecular formula is C15H16N2O3S2. The number of unbranched alkanes of at least 4 members (excludes halogenated alkanes) is 1. The fourth-order valence-electron chi connectivity index (χ4n) is 1.75. The summed E-state index contributed by atoms with van der Waals surface area (Å²) >= 11 is 1.23. The van der Waals surface area contributed by atoms with Crippen molar-refractivity contribution in [3.05, 3.63) is 41.3 Å². The van der Waals surface area contributed by atoms with Crippen LogP contribution in [-0.2, 0) is 10.0 Å². The highest BCUT2D eigenvalue weighted by molar-refractivity contribution is 7.94. The molecule has 0 atom stereocenters. The summed E-state index contributed by atoms with van der Waals surface area (Å²) in [5, 5.41) is 8.46. The van der Waals surface area contributed by atoms with Crippen LogP contribution in [0.1, 0.15) is 17.7 Å². The first-order valence-electron chi connectivity index (χ1n) is 6.70. The molecule has 0 amide bonds. The van der Waals surface area contributed by atoms with E-state index in [4.69, 9.17) is 10.00 Å². The second kappa shape index (κ2) is 7.29. The Balaban J connectivity index is 2.05. The first-order chi connectivity index (χ1) is 10.5. The zero-order valence-corrected chi connectivity index (χ0v) is 13.7. The smallest absolute Gasteiger partial charge is 0.271 e. The normalized spacial score (nSPS) is 10.9. The number of aryl methyl sites for hydroxylation is 1. The van der Waals surface area contributed by atoms with Gasteiger partial charge in [0.25, 0.3) is 10.0 Å². The number of hydrogen-bond donors (Lipinski definition) is 1. The number of thiophene rings is 1. The molecule has 0 radical (unpaired) electrons. The van der Waals surface area contributed by atoms with Crippen LogP contribution in [0.3, 0.4) is 0 Å². The lowest BCUT2D eigenvalue weighted by Gasteiger charge is -2.09. The minimum Gasteiger partial charge on any atom is -0.493 e. The summed E-state index contributed by atoms with van der Waals surface area (Å²) in [4.78, 5) is 0.940. The molecule has 0 aliphatic rings. The number of nitrogens with zero attached hydrogens (tertiary/aromatic N) is 1. The van der Waals surface area contributed by atoms with Gasteiger partial charge in [-0.3, -0.25) is 4.72 Å². The third-order valence-corrected chi connectivity index (χ3v) is 5.64. The first-order valence-corrected chi connectivity index (χ1v) is 9.00. The summed E-state index contributed by atoms with van der Waals surface area (Å²) < 4.78 is 32.8. The Labute approximate surface area is 134 Å². The maximum atomic E-state index is 12.2. The van der Waals surface area contributed by atoms with Crippen molar-refractivity contribution in [3.63, 3.8) is 0 Å². The van der Waals surface area contributed by atoms with E-state index in [-0.39, 0.29) is 4.21 Å². The topological polar surface area (TPSA) is 79.2 Å². The highest BCUT2D eigenvalue weighted by Crippen LogP contribution is 2.25. The average molecular weight is 336 g/mol. The molecule has 0 fully saturated rings. The minimum atomic E-state index is -3.57. The number of benzene rings is 1. The van der Waals surface area contributed by atoms with E-state index in [1.54, 1.807) is 36.4 Å². The summed E-state index contributed by atoms with van der Waals surface area (Å²) in [6.07, 6.45) is 1.07. The third kappa shape index (κ3) is 4.48. The van der Waals surface area contributed by atoms with Crippen LogP contribution in [0.15, 0.2) is 40.6 Å². The van der Waals surface area contributed by atoms with E-state index in [2.05, 4.69) is 4.72 Å². The monoisotopic (exact) mass is 336 g/mol. The van der Waals surface area contributed by atoms with Gasteiger partial charge in [0.05, 0.1) is 18.4 Å². The van der Waals surface area contributed by atoms with Crippen LogP contribution in [0, 0.1) is 18.3 Å². The molecule has 0 saturated heterocycles. The van der Waals surface area contributed by atoms with Gasteiger partial charge in [0.2, 0.25) is 0 Å². The Kier molecular flexibility index (Phi) is 5.41. The zero-order valence-electron chi connectivity index (χ0n) is 12.1. The molecule has 0 saturated carbocycles. The van der Waals surface area contributed by atoms with Gasteiger partial charge in [0.1, 0.15) is 9.96 Å². The van der Waals surface area contributed by atoms with Crippen LogP contribution in [0.5, 0.6) is 5.75 Å². The molecule has 0 aliphatic carbocycles. The Bertz CT molecular complexity index is 776. The number of anilines is 1. The predicted octanol–water partition coefficient (Wildman–Crippen LogP) is 3.54. The van der Waals surface area contributed by atoms with Gasteiger partial charge in [-0.2, -0.15) is 5.26 Å². The van der Waals surface area contributed by atoms with Crippen molar-refractivity contribution in [2.75, 3.05) is 11.3 Å². The third-order valence-electron chi connectivity index (χ3n) is 2.77. The van der Waals surface area contributed by atoms with Crippen LogP contribution < -0.4 is 9.46 Å². The molecule has 0 bridgehead atoms. The number of nitrogens with one attached hydrogen (secondary N) is 1. The van der Waals surface area contributed by atoms with E-state index >= 15 is 0 Å². The molecule has 0 unspecified atom stereocenters. The fraction of sp³-hybridized carbons (Fsp3) is 0.267. The van der Waals surface area contributed by atoms with Gasteiger partial charge in [0, 0.05) is 17.4 Å². The van der Waals surface area contributed by atoms with Gasteiger partial charge in [0.15, 0.2) is 0 Å². The SMILES string of the molecule is Cc1ccc(S(=O)(=O)Nc2cccc(OCCCC#N)c2)s1. The van der Waals surface area contributed by atoms with E-state index in [0.717, 1.165) is 4.88 Å². The highest BCUT2D eigenvalue weighted by Gasteiger charge is 2.16. The van der Waals surface area contributed by atoms with Crippen molar-refractivity contribution < 1.29 is 13.2 Å². The van der Waals surface area contributed by atoms with Crippen LogP contribution in [0.2, 0.25) is 0 Å². The van der Waals surface area contributed by atoms with E-state index < -0.39 is 10.0 Å². The standard InChI is InChI=1S/C15H16N2O3S2/c1-12-7-8-15(21-12)22(18,19)17-13-5-4-6-14(11-13)20-10-3-2-9-16/h4-8,11,17H,2-3,10H2,1H3. The number of sulfonamides is 1. The Morgan fingerprint density at radius 3 is 2.82 bits per heavy atom. The van der Waals surface area contributed by atoms with Crippen LogP contribution in [-0.4, -0.2) is 15.0 Å². The Morgan fingerprint density at radius 2 is 2.14 bits per heavy atom. The molecule has 0 spiro atoms. The molecule has 1 heterocycles. The summed E-state index contributed by atoms with van der Waals surface area (Å²) in [5.74, 6) is 0.570. The van der Waals surface area contributed by atoms with Crippen molar-refractivity contribution in [2.24, 2.45) is 0 Å². The predicted molar refractivity (Wildman–Crippen MR) is 86.6 cm³/mol. The number of hydrogen-bond acceptors (Lipinski definition) is 5. The first kappa shape index (κ1) is 16.3. The van der Waals surface area contributed by atoms with Gasteiger partial charge in [-0.15, -0.1) is 11.3 Å². The van der Waals surface area contributed by atoms with Gasteiger partial charge >= 0.3 is 0 Å². The zero-order chi connectivity index (χ0) is 16.0. The van der Waals surface area contributed by atoms with Crippen molar-refractivity contribution in [2.45, 2.75) is 24.0 Å². The van der Waals surface area contributed by atoms with Crippen molar-refractivity contribution >= 4 is 27.0 Å². The molecular weight excluding hydrogens is 320 g/mol. The molecule has 2 rings (SSSR count). The molecule has 2 aromatic rings. The number of nitriles is 1. The average Bonchev–Trinajstić information content (AvgIpc) is 2.91. The molecule has 116 valence electrons. The summed E-state index contributed by atoms with van der Waals surface area (Å²) in [5.41, 5.74) is 0.448. The number of ether oxygens (including phenoxy) is 1. The lowest BCUT2D eigenvalue weighted by atomic mass is 10.3. The van der Waals surface area contributed by atoms with Crippen LogP contribution in [0.25, 0.3) is 0 Å². The van der Waals surface area contributed by atoms with E-state index in [1.807, 2.05) is 13.0 Å². The fourth-order valence-corrected chi connectivity index (χ4v) is 4.09. The summed E-state index contributed by atoms with van der Waals surface area (Å²) in [6.45, 7) is 2.28. The van der Waals surface area contributed by atoms with E-state index in [1.165, 1.54) is 11.3 Å². The maximum Gasteiger partial charge on any atom is 0.271 e. The molecule has 0 aliphatic heterocycles. The molecule has 22 heavy (non-hydrogen) atoms. The lowest BCUT2D eigenvalue weighted by Crippen LogP contribution is -2.11. The van der Waals surface area contributed by atoms with Crippen LogP contribution in [0.4, 0.5) is 5.69 Å². The van der Waals surface area contributed by atoms with Gasteiger partial charge < -0.3 is 4.74 Å². The second-order valence-electron chi connectivity index (χ2n) is 4.61. The maximum absolute atomic E-state index is 12.2. The molecule has 7 heteroatoms. The second-order valence-corrected chi connectivity index (χ2v) is 7.81. The quantitative estimate of drug-likeness (QED) is 0.784. The largest absolute Gasteiger partial charge is 0.493 e. The highest BCUT2D eigenvalue weighted by atomic mass is 32.2. The summed E-state index contributed by atoms with van der Waals surface area (Å²) in [6, 6.07) is 12.2. The Morgan fingerprint density at radius 1 is 1.32 bits per heavy atom. The van der Waals surface area contributed by atoms with Gasteiger partial charge in [-0.1, -0.05) is 6.07 Å². The van der Waals surface area contributed by atoms with Crippen LogP contribution >= 0.6 is 11.3 Å². The van der Waals surface area contributed by atoms with Crippen molar-refractivity contribution in [1.82, 2.24) is 0 Å². The van der Waals surface area contributed by atoms with E-state index in [0.29, 0.717) is 30.9 Å². The van der Waals surface area contributed by atoms with Gasteiger partial charge in [-0.05, 0) is 37.6 Å². The number of rotatable bonds is 7. The van der Waals surface area contributed by atoms with Crippen molar-refractivity contribution in [3.8, 4) is 11.8 Å². The molecule has 1 aromatic carbocycles. The summed E-state index contributed by atoms with van der Waals surface area (Å²) in [7, 11) is -3.57.